The van der Waals surface area contributed by atoms with Gasteiger partial charge in [0.15, 0.2) is 0 Å². The lowest BCUT2D eigenvalue weighted by Gasteiger charge is -2.37. The molecule has 0 radical (unpaired) electrons. The largest absolute Gasteiger partial charge is 0.488 e. The van der Waals surface area contributed by atoms with Crippen molar-refractivity contribution in [1.82, 2.24) is 5.01 Å². The van der Waals surface area contributed by atoms with Gasteiger partial charge in [-0.15, -0.1) is 0 Å². The van der Waals surface area contributed by atoms with Crippen molar-refractivity contribution < 1.29 is 14.3 Å². The normalized spacial score (nSPS) is 32.5. The molecule has 0 aromatic heterocycles. The van der Waals surface area contributed by atoms with Crippen LogP contribution < -0.4 is 4.74 Å². The maximum absolute atomic E-state index is 13.0. The molecule has 1 aliphatic heterocycles. The molecule has 6 atom stereocenters. The first-order chi connectivity index (χ1) is 15.1. The Morgan fingerprint density at radius 1 is 1.00 bits per heavy atom. The fraction of sp³-hybridized carbons (Fsp3) is 0.320. The summed E-state index contributed by atoms with van der Waals surface area (Å²) in [4.78, 5) is 26.0. The summed E-state index contributed by atoms with van der Waals surface area (Å²) in [6.07, 6.45) is 7.08. The van der Waals surface area contributed by atoms with Gasteiger partial charge in [-0.3, -0.25) is 9.59 Å². The molecule has 1 heterocycles. The van der Waals surface area contributed by atoms with Crippen molar-refractivity contribution in [1.29, 1.82) is 0 Å². The molecule has 0 unspecified atom stereocenters. The van der Waals surface area contributed by atoms with Crippen LogP contribution in [0.25, 0.3) is 0 Å². The van der Waals surface area contributed by atoms with E-state index in [2.05, 4.69) is 33.2 Å². The number of hydrogen-bond acceptors (Lipinski definition) is 4. The average molecular weight is 477 g/mol. The lowest BCUT2D eigenvalue weighted by Crippen LogP contribution is -2.40. The van der Waals surface area contributed by atoms with Gasteiger partial charge < -0.3 is 4.74 Å². The van der Waals surface area contributed by atoms with Gasteiger partial charge in [0.25, 0.3) is 11.8 Å². The molecule has 5 nitrogen and oxygen atoms in total. The molecule has 4 aliphatic carbocycles. The molecule has 2 aromatic carbocycles. The number of rotatable bonds is 5. The highest BCUT2D eigenvalue weighted by Crippen LogP contribution is 2.65. The van der Waals surface area contributed by atoms with Crippen molar-refractivity contribution in [3.05, 3.63) is 76.3 Å². The van der Waals surface area contributed by atoms with Gasteiger partial charge in [0.05, 0.1) is 22.5 Å². The van der Waals surface area contributed by atoms with Crippen molar-refractivity contribution in [2.75, 3.05) is 0 Å². The number of nitrogens with zero attached hydrogens (tertiary/aromatic N) is 2. The maximum Gasteiger partial charge on any atom is 0.254 e. The van der Waals surface area contributed by atoms with Crippen molar-refractivity contribution in [2.45, 2.75) is 13.0 Å². The number of carbonyl (C=O) groups excluding carboxylic acids is 2. The number of imide groups is 1. The van der Waals surface area contributed by atoms with E-state index >= 15 is 0 Å². The van der Waals surface area contributed by atoms with E-state index in [0.717, 1.165) is 32.8 Å². The SMILES string of the molecule is O=C1[C@@H]2[C@H]3C=C[C@@H]([C@@H]4C[C@H]34)[C@@H]2C(=O)N1N=Cc1ccc(OCc2ccccc2)c(Br)c1. The van der Waals surface area contributed by atoms with E-state index in [1.54, 1.807) is 6.21 Å². The Kier molecular flexibility index (Phi) is 4.39. The monoisotopic (exact) mass is 476 g/mol. The molecule has 2 aromatic rings. The van der Waals surface area contributed by atoms with Crippen LogP contribution in [0.5, 0.6) is 5.75 Å². The van der Waals surface area contributed by atoms with E-state index in [1.165, 1.54) is 0 Å². The second kappa shape index (κ2) is 7.16. The molecule has 3 fully saturated rings. The average Bonchev–Trinajstić information content (AvgIpc) is 3.57. The Morgan fingerprint density at radius 2 is 1.68 bits per heavy atom. The Hall–Kier alpha value is -2.73. The van der Waals surface area contributed by atoms with Gasteiger partial charge in [-0.25, -0.2) is 0 Å². The molecule has 2 saturated carbocycles. The molecule has 0 spiro atoms. The Morgan fingerprint density at radius 3 is 2.32 bits per heavy atom. The summed E-state index contributed by atoms with van der Waals surface area (Å²) in [5, 5.41) is 5.41. The van der Waals surface area contributed by atoms with Gasteiger partial charge in [0, 0.05) is 0 Å². The van der Waals surface area contributed by atoms with Crippen LogP contribution in [0.2, 0.25) is 0 Å². The first-order valence-corrected chi connectivity index (χ1v) is 11.5. The molecule has 7 rings (SSSR count). The minimum Gasteiger partial charge on any atom is -0.488 e. The second-order valence-electron chi connectivity index (χ2n) is 8.85. The predicted octanol–water partition coefficient (Wildman–Crippen LogP) is 4.42. The highest BCUT2D eigenvalue weighted by Gasteiger charge is 2.67. The lowest BCUT2D eigenvalue weighted by atomic mass is 9.63. The van der Waals surface area contributed by atoms with Crippen molar-refractivity contribution in [3.63, 3.8) is 0 Å². The molecular weight excluding hydrogens is 456 g/mol. The molecule has 5 aliphatic rings. The van der Waals surface area contributed by atoms with Crippen LogP contribution in [-0.4, -0.2) is 23.0 Å². The fourth-order valence-electron chi connectivity index (χ4n) is 5.63. The first-order valence-electron chi connectivity index (χ1n) is 10.7. The maximum atomic E-state index is 13.0. The number of hydrogen-bond donors (Lipinski definition) is 0. The molecular formula is C25H21BrN2O3. The molecule has 0 N–H and O–H groups in total. The fourth-order valence-corrected chi connectivity index (χ4v) is 6.14. The number of allylic oxidation sites excluding steroid dienone is 2. The number of carbonyl (C=O) groups is 2. The van der Waals surface area contributed by atoms with Gasteiger partial charge in [0.1, 0.15) is 12.4 Å². The van der Waals surface area contributed by atoms with Crippen LogP contribution in [0.4, 0.5) is 0 Å². The van der Waals surface area contributed by atoms with E-state index in [-0.39, 0.29) is 35.5 Å². The van der Waals surface area contributed by atoms with E-state index in [0.29, 0.717) is 18.4 Å². The lowest BCUT2D eigenvalue weighted by molar-refractivity contribution is -0.140. The molecule has 1 saturated heterocycles. The number of hydrazone groups is 1. The van der Waals surface area contributed by atoms with Crippen molar-refractivity contribution >= 4 is 34.0 Å². The molecule has 6 heteroatoms. The van der Waals surface area contributed by atoms with Gasteiger partial charge in [-0.05, 0) is 75.3 Å². The summed E-state index contributed by atoms with van der Waals surface area (Å²) in [7, 11) is 0. The third-order valence-electron chi connectivity index (χ3n) is 7.15. The zero-order valence-corrected chi connectivity index (χ0v) is 18.3. The van der Waals surface area contributed by atoms with Crippen molar-refractivity contribution in [2.24, 2.45) is 40.6 Å². The van der Waals surface area contributed by atoms with Gasteiger partial charge in [0.2, 0.25) is 0 Å². The second-order valence-corrected chi connectivity index (χ2v) is 9.71. The van der Waals surface area contributed by atoms with Gasteiger partial charge in [-0.2, -0.15) is 10.1 Å². The number of amides is 2. The zero-order valence-electron chi connectivity index (χ0n) is 16.7. The molecule has 156 valence electrons. The first kappa shape index (κ1) is 19.0. The van der Waals surface area contributed by atoms with Gasteiger partial charge >= 0.3 is 0 Å². The van der Waals surface area contributed by atoms with E-state index in [9.17, 15) is 9.59 Å². The number of ether oxygens (including phenoxy) is 1. The Bertz CT molecular complexity index is 1090. The van der Waals surface area contributed by atoms with Crippen LogP contribution in [0.15, 0.2) is 70.3 Å². The number of benzene rings is 2. The van der Waals surface area contributed by atoms with E-state index in [4.69, 9.17) is 4.74 Å². The molecule has 31 heavy (non-hydrogen) atoms. The standard InChI is InChI=1S/C25H21BrN2O3/c26-20-10-15(6-9-21(20)31-13-14-4-2-1-3-5-14)12-27-28-24(29)22-16-7-8-17(19-11-18(16)19)23(22)25(28)30/h1-10,12,16-19,22-23H,11,13H2/t16-,17-,18-,19+,22-,23+/m0/s1. The third kappa shape index (κ3) is 3.07. The smallest absolute Gasteiger partial charge is 0.254 e. The quantitative estimate of drug-likeness (QED) is 0.364. The summed E-state index contributed by atoms with van der Waals surface area (Å²) in [6, 6.07) is 15.6. The summed E-state index contributed by atoms with van der Waals surface area (Å²) in [6.45, 7) is 0.477. The number of halogens is 1. The van der Waals surface area contributed by atoms with Crippen LogP contribution >= 0.6 is 15.9 Å². The van der Waals surface area contributed by atoms with Crippen LogP contribution in [-0.2, 0) is 16.2 Å². The highest BCUT2D eigenvalue weighted by molar-refractivity contribution is 9.10. The van der Waals surface area contributed by atoms with E-state index in [1.807, 2.05) is 48.5 Å². The zero-order chi connectivity index (χ0) is 21.1. The van der Waals surface area contributed by atoms with Crippen LogP contribution in [0.3, 0.4) is 0 Å². The van der Waals surface area contributed by atoms with Crippen molar-refractivity contribution in [3.8, 4) is 5.75 Å². The Labute approximate surface area is 188 Å². The summed E-state index contributed by atoms with van der Waals surface area (Å²) < 4.78 is 6.68. The predicted molar refractivity (Wildman–Crippen MR) is 119 cm³/mol. The minimum atomic E-state index is -0.219. The summed E-state index contributed by atoms with van der Waals surface area (Å²) in [5.41, 5.74) is 1.88. The summed E-state index contributed by atoms with van der Waals surface area (Å²) in [5.74, 6) is 1.62. The van der Waals surface area contributed by atoms with Gasteiger partial charge in [-0.1, -0.05) is 42.5 Å². The topological polar surface area (TPSA) is 59.0 Å². The Balaban J connectivity index is 1.16. The molecule has 2 bridgehead atoms. The van der Waals surface area contributed by atoms with Crippen LogP contribution in [0, 0.1) is 35.5 Å². The third-order valence-corrected chi connectivity index (χ3v) is 7.77. The summed E-state index contributed by atoms with van der Waals surface area (Å²) >= 11 is 3.54. The van der Waals surface area contributed by atoms with Crippen LogP contribution in [0.1, 0.15) is 17.5 Å². The van der Waals surface area contributed by atoms with E-state index < -0.39 is 0 Å². The molecule has 2 amide bonds. The minimum absolute atomic E-state index is 0.141. The highest BCUT2D eigenvalue weighted by atomic mass is 79.9.